The molecule has 7 nitrogen and oxygen atoms in total. The molecular formula is C25H20F3N3O4. The van der Waals surface area contributed by atoms with Gasteiger partial charge in [-0.1, -0.05) is 30.3 Å². The van der Waals surface area contributed by atoms with E-state index in [-0.39, 0.29) is 36.1 Å². The van der Waals surface area contributed by atoms with Crippen LogP contribution in [-0.2, 0) is 28.7 Å². The van der Waals surface area contributed by atoms with Crippen molar-refractivity contribution in [1.82, 2.24) is 14.5 Å². The smallest absolute Gasteiger partial charge is 0.416 e. The van der Waals surface area contributed by atoms with Gasteiger partial charge in [0.1, 0.15) is 5.69 Å². The van der Waals surface area contributed by atoms with Crippen molar-refractivity contribution in [2.24, 2.45) is 0 Å². The summed E-state index contributed by atoms with van der Waals surface area (Å²) in [5, 5.41) is 0. The molecule has 0 saturated carbocycles. The lowest BCUT2D eigenvalue weighted by Gasteiger charge is -2.14. The van der Waals surface area contributed by atoms with Gasteiger partial charge in [0.2, 0.25) is 5.78 Å². The first-order chi connectivity index (χ1) is 16.7. The van der Waals surface area contributed by atoms with Crippen LogP contribution in [0.15, 0.2) is 71.7 Å². The monoisotopic (exact) mass is 483 g/mol. The van der Waals surface area contributed by atoms with Gasteiger partial charge in [0.15, 0.2) is 6.61 Å². The molecule has 0 fully saturated rings. The maximum absolute atomic E-state index is 13.3. The highest BCUT2D eigenvalue weighted by molar-refractivity contribution is 5.96. The van der Waals surface area contributed by atoms with Gasteiger partial charge in [-0.05, 0) is 35.9 Å². The van der Waals surface area contributed by atoms with E-state index in [0.717, 1.165) is 17.7 Å². The first-order valence-corrected chi connectivity index (χ1v) is 10.7. The van der Waals surface area contributed by atoms with Crippen LogP contribution in [0.3, 0.4) is 0 Å². The van der Waals surface area contributed by atoms with E-state index in [9.17, 15) is 27.6 Å². The Balaban J connectivity index is 1.59. The zero-order valence-electron chi connectivity index (χ0n) is 18.3. The fraction of sp³-hybridized carbons (Fsp3) is 0.200. The van der Waals surface area contributed by atoms with E-state index in [1.165, 1.54) is 10.6 Å². The summed E-state index contributed by atoms with van der Waals surface area (Å²) in [6.07, 6.45) is -3.44. The Labute approximate surface area is 197 Å². The molecule has 2 aromatic carbocycles. The summed E-state index contributed by atoms with van der Waals surface area (Å²) in [7, 11) is 0. The molecule has 0 aliphatic rings. The van der Waals surface area contributed by atoms with Gasteiger partial charge in [-0.15, -0.1) is 0 Å². The molecule has 1 N–H and O–H groups in total. The lowest BCUT2D eigenvalue weighted by atomic mass is 10.1. The molecule has 0 amide bonds. The van der Waals surface area contributed by atoms with Crippen LogP contribution < -0.4 is 5.56 Å². The number of alkyl halides is 3. The largest absolute Gasteiger partial charge is 0.457 e. The Morgan fingerprint density at radius 1 is 1.03 bits per heavy atom. The summed E-state index contributed by atoms with van der Waals surface area (Å²) < 4.78 is 46.1. The Morgan fingerprint density at radius 3 is 2.49 bits per heavy atom. The third-order valence-corrected chi connectivity index (χ3v) is 5.35. The summed E-state index contributed by atoms with van der Waals surface area (Å²) >= 11 is 0. The Morgan fingerprint density at radius 2 is 1.80 bits per heavy atom. The van der Waals surface area contributed by atoms with Gasteiger partial charge in [0, 0.05) is 12.6 Å². The van der Waals surface area contributed by atoms with Crippen LogP contribution in [0, 0.1) is 0 Å². The molecule has 0 atom stereocenters. The van der Waals surface area contributed by atoms with Crippen molar-refractivity contribution >= 4 is 22.8 Å². The highest BCUT2D eigenvalue weighted by Gasteiger charge is 2.31. The number of hydrogen-bond donors (Lipinski definition) is 1. The predicted molar refractivity (Wildman–Crippen MR) is 121 cm³/mol. The van der Waals surface area contributed by atoms with Crippen molar-refractivity contribution in [2.45, 2.75) is 25.6 Å². The minimum atomic E-state index is -4.58. The molecule has 0 unspecified atom stereocenters. The number of aryl methyl sites for hydroxylation is 1. The Kier molecular flexibility index (Phi) is 6.81. The van der Waals surface area contributed by atoms with Gasteiger partial charge in [0.25, 0.3) is 5.56 Å². The van der Waals surface area contributed by atoms with Gasteiger partial charge >= 0.3 is 12.1 Å². The van der Waals surface area contributed by atoms with Crippen molar-refractivity contribution in [2.75, 3.05) is 6.61 Å². The number of fused-ring (bicyclic) bond motifs is 1. The second-order valence-electron chi connectivity index (χ2n) is 7.80. The first kappa shape index (κ1) is 23.9. The fourth-order valence-electron chi connectivity index (χ4n) is 3.58. The zero-order valence-corrected chi connectivity index (χ0v) is 18.3. The van der Waals surface area contributed by atoms with Crippen LogP contribution in [0.2, 0.25) is 0 Å². The highest BCUT2D eigenvalue weighted by atomic mass is 19.4. The molecule has 0 saturated heterocycles. The second-order valence-corrected chi connectivity index (χ2v) is 7.80. The molecular weight excluding hydrogens is 463 g/mol. The molecule has 2 aromatic heterocycles. The minimum absolute atomic E-state index is 0.0133. The number of H-pyrrole nitrogens is 1. The molecule has 0 spiro atoms. The van der Waals surface area contributed by atoms with E-state index in [2.05, 4.69) is 9.97 Å². The van der Waals surface area contributed by atoms with Crippen molar-refractivity contribution in [3.05, 3.63) is 99.7 Å². The van der Waals surface area contributed by atoms with E-state index in [0.29, 0.717) is 5.69 Å². The average molecular weight is 483 g/mol. The summed E-state index contributed by atoms with van der Waals surface area (Å²) in [5.74, 6) is -1.15. The molecule has 10 heteroatoms. The first-order valence-electron chi connectivity index (χ1n) is 10.7. The molecule has 4 rings (SSSR count). The summed E-state index contributed by atoms with van der Waals surface area (Å²) in [6.45, 7) is -0.357. The maximum Gasteiger partial charge on any atom is 0.416 e. The summed E-state index contributed by atoms with van der Waals surface area (Å²) in [4.78, 5) is 44.1. The van der Waals surface area contributed by atoms with Crippen LogP contribution in [0.1, 0.15) is 33.7 Å². The van der Waals surface area contributed by atoms with Gasteiger partial charge in [-0.2, -0.15) is 13.2 Å². The third-order valence-electron chi connectivity index (χ3n) is 5.35. The highest BCUT2D eigenvalue weighted by Crippen LogP contribution is 2.31. The number of Topliss-reactive ketones (excluding diaryl/α,β-unsaturated/α-hetero) is 1. The number of aromatic amines is 1. The quantitative estimate of drug-likeness (QED) is 0.300. The standard InChI is InChI=1S/C25H20F3N3O4/c26-25(27,28)17-8-10-21-20(13-17)30-19(24(34)31(21)14-16-5-2-1-3-6-16)9-11-23(33)35-15-22(32)18-7-4-12-29-18/h1-8,10,12-13,29H,9,11,14-15H2. The molecule has 0 aliphatic carbocycles. The predicted octanol–water partition coefficient (Wildman–Crippen LogP) is 4.15. The van der Waals surface area contributed by atoms with Crippen LogP contribution in [0.5, 0.6) is 0 Å². The third kappa shape index (κ3) is 5.65. The van der Waals surface area contributed by atoms with Gasteiger partial charge in [0.05, 0.1) is 35.3 Å². The molecule has 4 aromatic rings. The SMILES string of the molecule is O=C(CCc1nc2cc(C(F)(F)F)ccc2n(Cc2ccccc2)c1=O)OCC(=O)c1ccc[nH]1. The number of rotatable bonds is 8. The number of benzene rings is 2. The van der Waals surface area contributed by atoms with Crippen molar-refractivity contribution in [3.63, 3.8) is 0 Å². The normalized spacial score (nSPS) is 11.5. The Bertz CT molecular complexity index is 1410. The van der Waals surface area contributed by atoms with Gasteiger partial charge in [-0.25, -0.2) is 4.98 Å². The number of carbonyl (C=O) groups is 2. The molecule has 0 radical (unpaired) electrons. The minimum Gasteiger partial charge on any atom is -0.457 e. The molecule has 0 bridgehead atoms. The van der Waals surface area contributed by atoms with E-state index in [4.69, 9.17) is 4.74 Å². The summed E-state index contributed by atoms with van der Waals surface area (Å²) in [6, 6.07) is 15.2. The number of nitrogens with one attached hydrogen (secondary N) is 1. The molecule has 0 aliphatic heterocycles. The molecule has 180 valence electrons. The van der Waals surface area contributed by atoms with Crippen LogP contribution in [0.4, 0.5) is 13.2 Å². The number of ketones is 1. The maximum atomic E-state index is 13.3. The number of nitrogens with zero attached hydrogens (tertiary/aromatic N) is 2. The number of ether oxygens (including phenoxy) is 1. The lowest BCUT2D eigenvalue weighted by molar-refractivity contribution is -0.142. The lowest BCUT2D eigenvalue weighted by Crippen LogP contribution is -2.27. The molecule has 35 heavy (non-hydrogen) atoms. The number of halogens is 3. The Hall–Kier alpha value is -4.21. The van der Waals surface area contributed by atoms with Gasteiger partial charge < -0.3 is 14.3 Å². The average Bonchev–Trinajstić information content (AvgIpc) is 3.38. The topological polar surface area (TPSA) is 94.0 Å². The van der Waals surface area contributed by atoms with E-state index >= 15 is 0 Å². The number of aromatic nitrogens is 3. The van der Waals surface area contributed by atoms with Crippen molar-refractivity contribution in [3.8, 4) is 0 Å². The van der Waals surface area contributed by atoms with Crippen molar-refractivity contribution < 1.29 is 27.5 Å². The second kappa shape index (κ2) is 9.96. The number of hydrogen-bond acceptors (Lipinski definition) is 5. The van der Waals surface area contributed by atoms with E-state index in [1.807, 2.05) is 6.07 Å². The van der Waals surface area contributed by atoms with Crippen LogP contribution in [-0.4, -0.2) is 32.9 Å². The van der Waals surface area contributed by atoms with Gasteiger partial charge in [-0.3, -0.25) is 14.4 Å². The zero-order chi connectivity index (χ0) is 25.0. The summed E-state index contributed by atoms with van der Waals surface area (Å²) in [5.41, 5.74) is -0.184. The van der Waals surface area contributed by atoms with Crippen molar-refractivity contribution in [1.29, 1.82) is 0 Å². The van der Waals surface area contributed by atoms with Crippen LogP contribution in [0.25, 0.3) is 11.0 Å². The number of esters is 1. The van der Waals surface area contributed by atoms with E-state index < -0.39 is 35.7 Å². The fourth-order valence-corrected chi connectivity index (χ4v) is 3.58. The van der Waals surface area contributed by atoms with E-state index in [1.54, 1.807) is 42.6 Å². The van der Waals surface area contributed by atoms with Crippen LogP contribution >= 0.6 is 0 Å². The molecule has 2 heterocycles. The number of carbonyl (C=O) groups excluding carboxylic acids is 2.